The molecule has 0 radical (unpaired) electrons. The topological polar surface area (TPSA) is 15.3 Å². The van der Waals surface area contributed by atoms with Crippen LogP contribution < -0.4 is 5.32 Å². The maximum Gasteiger partial charge on any atom is 0.0309 e. The molecular formula is C17H30N2. The van der Waals surface area contributed by atoms with Crippen molar-refractivity contribution < 1.29 is 0 Å². The number of piperazine rings is 1. The van der Waals surface area contributed by atoms with Gasteiger partial charge in [-0.25, -0.2) is 0 Å². The summed E-state index contributed by atoms with van der Waals surface area (Å²) in [5, 5.41) is 3.90. The van der Waals surface area contributed by atoms with Gasteiger partial charge in [-0.2, -0.15) is 0 Å². The van der Waals surface area contributed by atoms with Crippen LogP contribution in [-0.4, -0.2) is 36.1 Å². The van der Waals surface area contributed by atoms with Gasteiger partial charge in [-0.3, -0.25) is 4.90 Å². The molecule has 1 N–H and O–H groups in total. The van der Waals surface area contributed by atoms with E-state index in [1.54, 1.807) is 0 Å². The van der Waals surface area contributed by atoms with E-state index in [1.165, 1.54) is 45.2 Å². The zero-order valence-corrected chi connectivity index (χ0v) is 12.8. The molecule has 1 spiro atoms. The van der Waals surface area contributed by atoms with Gasteiger partial charge in [0, 0.05) is 31.1 Å². The molecule has 1 unspecified atom stereocenters. The second-order valence-electron chi connectivity index (χ2n) is 6.81. The van der Waals surface area contributed by atoms with Crippen molar-refractivity contribution in [2.45, 2.75) is 70.4 Å². The summed E-state index contributed by atoms with van der Waals surface area (Å²) in [7, 11) is 0. The zero-order valence-electron chi connectivity index (χ0n) is 12.8. The Morgan fingerprint density at radius 2 is 2.05 bits per heavy atom. The SMILES string of the molecule is C#CCCCN1CC2(CCCCC2)NCC1C(C)C. The second kappa shape index (κ2) is 6.77. The van der Waals surface area contributed by atoms with Crippen LogP contribution in [-0.2, 0) is 0 Å². The lowest BCUT2D eigenvalue weighted by atomic mass is 9.78. The summed E-state index contributed by atoms with van der Waals surface area (Å²) >= 11 is 0. The minimum absolute atomic E-state index is 0.416. The minimum atomic E-state index is 0.416. The average Bonchev–Trinajstić information content (AvgIpc) is 2.40. The molecule has 2 heteroatoms. The summed E-state index contributed by atoms with van der Waals surface area (Å²) in [6, 6.07) is 0.685. The average molecular weight is 262 g/mol. The second-order valence-corrected chi connectivity index (χ2v) is 6.81. The first-order chi connectivity index (χ1) is 9.17. The summed E-state index contributed by atoms with van der Waals surface area (Å²) < 4.78 is 0. The minimum Gasteiger partial charge on any atom is -0.308 e. The monoisotopic (exact) mass is 262 g/mol. The van der Waals surface area contributed by atoms with Crippen LogP contribution >= 0.6 is 0 Å². The molecule has 0 amide bonds. The lowest BCUT2D eigenvalue weighted by molar-refractivity contribution is 0.0361. The third kappa shape index (κ3) is 3.74. The Labute approximate surface area is 119 Å². The van der Waals surface area contributed by atoms with Gasteiger partial charge in [0.15, 0.2) is 0 Å². The molecule has 0 aromatic carbocycles. The molecule has 1 heterocycles. The molecule has 2 fully saturated rings. The van der Waals surface area contributed by atoms with Gasteiger partial charge in [0.1, 0.15) is 0 Å². The molecule has 1 aliphatic heterocycles. The highest BCUT2D eigenvalue weighted by atomic mass is 15.3. The number of hydrogen-bond donors (Lipinski definition) is 1. The molecule has 2 rings (SSSR count). The van der Waals surface area contributed by atoms with E-state index in [9.17, 15) is 0 Å². The van der Waals surface area contributed by atoms with E-state index in [0.717, 1.165) is 25.3 Å². The van der Waals surface area contributed by atoms with E-state index in [-0.39, 0.29) is 0 Å². The van der Waals surface area contributed by atoms with Gasteiger partial charge in [0.05, 0.1) is 0 Å². The third-order valence-electron chi connectivity index (χ3n) is 5.01. The van der Waals surface area contributed by atoms with E-state index in [0.29, 0.717) is 11.6 Å². The summed E-state index contributed by atoms with van der Waals surface area (Å²) in [6.45, 7) is 8.27. The Morgan fingerprint density at radius 1 is 1.32 bits per heavy atom. The first-order valence-corrected chi connectivity index (χ1v) is 8.09. The fourth-order valence-corrected chi connectivity index (χ4v) is 3.86. The standard InChI is InChI=1S/C17H30N2/c1-4-5-9-12-19-14-17(10-7-6-8-11-17)18-13-16(19)15(2)3/h1,15-16,18H,5-14H2,2-3H3. The predicted octanol–water partition coefficient (Wildman–Crippen LogP) is 3.03. The molecule has 1 atom stereocenters. The van der Waals surface area contributed by atoms with E-state index in [4.69, 9.17) is 6.42 Å². The van der Waals surface area contributed by atoms with E-state index >= 15 is 0 Å². The van der Waals surface area contributed by atoms with Crippen molar-refractivity contribution in [1.29, 1.82) is 0 Å². The molecule has 1 aliphatic carbocycles. The number of nitrogens with zero attached hydrogens (tertiary/aromatic N) is 1. The first kappa shape index (κ1) is 14.9. The van der Waals surface area contributed by atoms with Crippen LogP contribution in [0.5, 0.6) is 0 Å². The number of terminal acetylenes is 1. The fraction of sp³-hybridized carbons (Fsp3) is 0.882. The largest absolute Gasteiger partial charge is 0.308 e. The molecule has 1 saturated carbocycles. The molecule has 2 nitrogen and oxygen atoms in total. The van der Waals surface area contributed by atoms with Crippen LogP contribution in [0.4, 0.5) is 0 Å². The quantitative estimate of drug-likeness (QED) is 0.619. The van der Waals surface area contributed by atoms with Crippen LogP contribution in [0.2, 0.25) is 0 Å². The van der Waals surface area contributed by atoms with Gasteiger partial charge < -0.3 is 5.32 Å². The van der Waals surface area contributed by atoms with Crippen LogP contribution in [0.1, 0.15) is 58.8 Å². The van der Waals surface area contributed by atoms with Crippen molar-refractivity contribution in [3.63, 3.8) is 0 Å². The highest BCUT2D eigenvalue weighted by Gasteiger charge is 2.40. The smallest absolute Gasteiger partial charge is 0.0309 e. The molecule has 0 bridgehead atoms. The zero-order chi connectivity index (χ0) is 13.7. The molecule has 2 aliphatic rings. The Kier molecular flexibility index (Phi) is 5.30. The van der Waals surface area contributed by atoms with Crippen LogP contribution in [0.3, 0.4) is 0 Å². The molecule has 0 aromatic heterocycles. The highest BCUT2D eigenvalue weighted by Crippen LogP contribution is 2.33. The van der Waals surface area contributed by atoms with Gasteiger partial charge in [-0.1, -0.05) is 33.1 Å². The van der Waals surface area contributed by atoms with Crippen molar-refractivity contribution in [2.75, 3.05) is 19.6 Å². The molecular weight excluding hydrogens is 232 g/mol. The highest BCUT2D eigenvalue weighted by molar-refractivity contribution is 5.00. The van der Waals surface area contributed by atoms with E-state index in [2.05, 4.69) is 30.0 Å². The summed E-state index contributed by atoms with van der Waals surface area (Å²) in [4.78, 5) is 2.73. The van der Waals surface area contributed by atoms with Crippen molar-refractivity contribution in [1.82, 2.24) is 10.2 Å². The van der Waals surface area contributed by atoms with Gasteiger partial charge >= 0.3 is 0 Å². The number of rotatable bonds is 4. The Morgan fingerprint density at radius 3 is 2.68 bits per heavy atom. The molecule has 0 aromatic rings. The van der Waals surface area contributed by atoms with Crippen molar-refractivity contribution in [3.8, 4) is 12.3 Å². The predicted molar refractivity (Wildman–Crippen MR) is 82.1 cm³/mol. The van der Waals surface area contributed by atoms with Gasteiger partial charge in [0.25, 0.3) is 0 Å². The van der Waals surface area contributed by atoms with E-state index < -0.39 is 0 Å². The Bertz CT molecular complexity index is 310. The number of hydrogen-bond acceptors (Lipinski definition) is 2. The van der Waals surface area contributed by atoms with E-state index in [1.807, 2.05) is 0 Å². The lowest BCUT2D eigenvalue weighted by Crippen LogP contribution is -2.65. The maximum atomic E-state index is 5.39. The number of unbranched alkanes of at least 4 members (excludes halogenated alkanes) is 1. The van der Waals surface area contributed by atoms with Crippen molar-refractivity contribution in [2.24, 2.45) is 5.92 Å². The van der Waals surface area contributed by atoms with Crippen LogP contribution in [0.15, 0.2) is 0 Å². The maximum absolute atomic E-state index is 5.39. The molecule has 1 saturated heterocycles. The summed E-state index contributed by atoms with van der Waals surface area (Å²) in [5.74, 6) is 3.50. The Balaban J connectivity index is 1.97. The lowest BCUT2D eigenvalue weighted by Gasteiger charge is -2.51. The third-order valence-corrected chi connectivity index (χ3v) is 5.01. The number of nitrogens with one attached hydrogen (secondary N) is 1. The van der Waals surface area contributed by atoms with Crippen molar-refractivity contribution >= 4 is 0 Å². The molecule has 19 heavy (non-hydrogen) atoms. The van der Waals surface area contributed by atoms with Crippen LogP contribution in [0.25, 0.3) is 0 Å². The fourth-order valence-electron chi connectivity index (χ4n) is 3.86. The molecule has 108 valence electrons. The van der Waals surface area contributed by atoms with Crippen LogP contribution in [0, 0.1) is 18.3 Å². The summed E-state index contributed by atoms with van der Waals surface area (Å²) in [6.07, 6.45) is 14.4. The Hall–Kier alpha value is -0.520. The van der Waals surface area contributed by atoms with Crippen molar-refractivity contribution in [3.05, 3.63) is 0 Å². The normalized spacial score (nSPS) is 27.6. The van der Waals surface area contributed by atoms with Gasteiger partial charge in [-0.15, -0.1) is 12.3 Å². The van der Waals surface area contributed by atoms with Gasteiger partial charge in [0.2, 0.25) is 0 Å². The summed E-state index contributed by atoms with van der Waals surface area (Å²) in [5.41, 5.74) is 0.416. The van der Waals surface area contributed by atoms with Gasteiger partial charge in [-0.05, 0) is 31.7 Å². The first-order valence-electron chi connectivity index (χ1n) is 8.09.